The maximum atomic E-state index is 9.19. The van der Waals surface area contributed by atoms with Crippen LogP contribution in [0, 0.1) is 31.1 Å². The molecule has 0 atom stereocenters. The van der Waals surface area contributed by atoms with Crippen LogP contribution in [0.25, 0.3) is 0 Å². The lowest BCUT2D eigenvalue weighted by atomic mass is 10.1. The van der Waals surface area contributed by atoms with E-state index >= 15 is 0 Å². The van der Waals surface area contributed by atoms with E-state index in [1.807, 2.05) is 32.0 Å². The Hall–Kier alpha value is -2.35. The average molecular weight is 298 g/mol. The van der Waals surface area contributed by atoms with Gasteiger partial charge in [0.05, 0.1) is 0 Å². The molecule has 5 nitrogen and oxygen atoms in total. The number of rotatable bonds is 6. The summed E-state index contributed by atoms with van der Waals surface area (Å²) in [5.74, 6) is 1.44. The molecular weight excluding hydrogens is 276 g/mol. The van der Waals surface area contributed by atoms with E-state index in [0.717, 1.165) is 35.5 Å². The van der Waals surface area contributed by atoms with Crippen LogP contribution < -0.4 is 4.74 Å². The van der Waals surface area contributed by atoms with Gasteiger partial charge in [0, 0.05) is 6.54 Å². The molecule has 0 aliphatic rings. The second-order valence-electron chi connectivity index (χ2n) is 5.91. The summed E-state index contributed by atoms with van der Waals surface area (Å²) in [5.41, 5.74) is 3.25. The SMILES string of the molecule is Cc1cccc(C)c1OCc1c(C#N)nnn1CCC(C)C. The number of nitrogens with zero attached hydrogens (tertiary/aromatic N) is 4. The standard InChI is InChI=1S/C17H22N4O/c1-12(2)8-9-21-16(15(10-18)19-20-21)11-22-17-13(3)6-5-7-14(17)4/h5-7,12H,8-9,11H2,1-4H3. The first-order valence-electron chi connectivity index (χ1n) is 7.54. The minimum Gasteiger partial charge on any atom is -0.487 e. The zero-order chi connectivity index (χ0) is 16.1. The van der Waals surface area contributed by atoms with Crippen molar-refractivity contribution in [2.45, 2.75) is 47.3 Å². The second kappa shape index (κ2) is 7.08. The van der Waals surface area contributed by atoms with Crippen LogP contribution >= 0.6 is 0 Å². The number of hydrogen-bond acceptors (Lipinski definition) is 4. The first-order chi connectivity index (χ1) is 10.5. The fourth-order valence-corrected chi connectivity index (χ4v) is 2.29. The van der Waals surface area contributed by atoms with Gasteiger partial charge in [-0.3, -0.25) is 0 Å². The van der Waals surface area contributed by atoms with Crippen molar-refractivity contribution in [1.82, 2.24) is 15.0 Å². The molecule has 0 N–H and O–H groups in total. The topological polar surface area (TPSA) is 63.7 Å². The number of para-hydroxylation sites is 1. The molecule has 0 unspecified atom stereocenters. The lowest BCUT2D eigenvalue weighted by Gasteiger charge is -2.13. The van der Waals surface area contributed by atoms with Crippen LogP contribution in [0.3, 0.4) is 0 Å². The van der Waals surface area contributed by atoms with E-state index in [1.165, 1.54) is 0 Å². The molecule has 0 spiro atoms. The van der Waals surface area contributed by atoms with Gasteiger partial charge in [0.1, 0.15) is 24.1 Å². The zero-order valence-electron chi connectivity index (χ0n) is 13.6. The Labute approximate surface area is 131 Å². The molecule has 22 heavy (non-hydrogen) atoms. The maximum Gasteiger partial charge on any atom is 0.189 e. The maximum absolute atomic E-state index is 9.19. The van der Waals surface area contributed by atoms with Crippen LogP contribution in [0.15, 0.2) is 18.2 Å². The Balaban J connectivity index is 2.18. The van der Waals surface area contributed by atoms with E-state index in [0.29, 0.717) is 18.2 Å². The summed E-state index contributed by atoms with van der Waals surface area (Å²) < 4.78 is 7.73. The van der Waals surface area contributed by atoms with Crippen molar-refractivity contribution in [3.63, 3.8) is 0 Å². The van der Waals surface area contributed by atoms with Crippen LogP contribution in [0.4, 0.5) is 0 Å². The van der Waals surface area contributed by atoms with Gasteiger partial charge in [0.2, 0.25) is 0 Å². The summed E-state index contributed by atoms with van der Waals surface area (Å²) in [4.78, 5) is 0. The van der Waals surface area contributed by atoms with Crippen LogP contribution in [-0.2, 0) is 13.2 Å². The van der Waals surface area contributed by atoms with E-state index in [9.17, 15) is 5.26 Å². The van der Waals surface area contributed by atoms with Crippen LogP contribution in [0.2, 0.25) is 0 Å². The van der Waals surface area contributed by atoms with Gasteiger partial charge in [-0.05, 0) is 37.3 Å². The predicted octanol–water partition coefficient (Wildman–Crippen LogP) is 3.39. The van der Waals surface area contributed by atoms with Gasteiger partial charge < -0.3 is 4.74 Å². The van der Waals surface area contributed by atoms with E-state index in [4.69, 9.17) is 4.74 Å². The molecule has 116 valence electrons. The highest BCUT2D eigenvalue weighted by Gasteiger charge is 2.14. The minimum absolute atomic E-state index is 0.305. The molecular formula is C17H22N4O. The summed E-state index contributed by atoms with van der Waals surface area (Å²) >= 11 is 0. The summed E-state index contributed by atoms with van der Waals surface area (Å²) in [7, 11) is 0. The highest BCUT2D eigenvalue weighted by molar-refractivity contribution is 5.40. The molecule has 0 radical (unpaired) electrons. The summed E-state index contributed by atoms with van der Waals surface area (Å²) in [6.07, 6.45) is 0.991. The summed E-state index contributed by atoms with van der Waals surface area (Å²) in [6.45, 7) is 9.41. The Morgan fingerprint density at radius 2 is 1.95 bits per heavy atom. The number of ether oxygens (including phenoxy) is 1. The number of nitriles is 1. The molecule has 0 aliphatic heterocycles. The molecule has 0 fully saturated rings. The number of hydrogen-bond donors (Lipinski definition) is 0. The van der Waals surface area contributed by atoms with Gasteiger partial charge in [-0.15, -0.1) is 5.10 Å². The minimum atomic E-state index is 0.305. The molecule has 1 aromatic carbocycles. The van der Waals surface area contributed by atoms with E-state index in [1.54, 1.807) is 4.68 Å². The first kappa shape index (κ1) is 16.0. The third-order valence-electron chi connectivity index (χ3n) is 3.62. The summed E-state index contributed by atoms with van der Waals surface area (Å²) in [6, 6.07) is 8.13. The van der Waals surface area contributed by atoms with Gasteiger partial charge >= 0.3 is 0 Å². The van der Waals surface area contributed by atoms with Crippen molar-refractivity contribution >= 4 is 0 Å². The molecule has 0 saturated carbocycles. The van der Waals surface area contributed by atoms with E-state index in [2.05, 4.69) is 30.2 Å². The predicted molar refractivity (Wildman–Crippen MR) is 84.4 cm³/mol. The first-order valence-corrected chi connectivity index (χ1v) is 7.54. The highest BCUT2D eigenvalue weighted by Crippen LogP contribution is 2.23. The lowest BCUT2D eigenvalue weighted by molar-refractivity contribution is 0.285. The molecule has 2 aromatic rings. The lowest BCUT2D eigenvalue weighted by Crippen LogP contribution is -2.11. The molecule has 0 amide bonds. The third kappa shape index (κ3) is 3.64. The normalized spacial score (nSPS) is 10.7. The van der Waals surface area contributed by atoms with Crippen molar-refractivity contribution in [3.8, 4) is 11.8 Å². The number of benzene rings is 1. The Bertz CT molecular complexity index is 662. The van der Waals surface area contributed by atoms with Crippen molar-refractivity contribution in [3.05, 3.63) is 40.7 Å². The third-order valence-corrected chi connectivity index (χ3v) is 3.62. The Morgan fingerprint density at radius 3 is 2.55 bits per heavy atom. The molecule has 0 bridgehead atoms. The molecule has 1 aromatic heterocycles. The second-order valence-corrected chi connectivity index (χ2v) is 5.91. The average Bonchev–Trinajstić information content (AvgIpc) is 2.86. The highest BCUT2D eigenvalue weighted by atomic mass is 16.5. The number of aryl methyl sites for hydroxylation is 3. The van der Waals surface area contributed by atoms with E-state index in [-0.39, 0.29) is 0 Å². The van der Waals surface area contributed by atoms with Gasteiger partial charge in [0.25, 0.3) is 0 Å². The van der Waals surface area contributed by atoms with E-state index < -0.39 is 0 Å². The van der Waals surface area contributed by atoms with Gasteiger partial charge in [-0.1, -0.05) is 37.3 Å². The molecule has 2 rings (SSSR count). The van der Waals surface area contributed by atoms with Crippen LogP contribution in [0.5, 0.6) is 5.75 Å². The zero-order valence-corrected chi connectivity index (χ0v) is 13.6. The van der Waals surface area contributed by atoms with Crippen molar-refractivity contribution in [1.29, 1.82) is 5.26 Å². The molecule has 1 heterocycles. The van der Waals surface area contributed by atoms with Crippen LogP contribution in [0.1, 0.15) is 42.8 Å². The fraction of sp³-hybridized carbons (Fsp3) is 0.471. The molecule has 0 aliphatic carbocycles. The van der Waals surface area contributed by atoms with Gasteiger partial charge in [0.15, 0.2) is 5.69 Å². The Morgan fingerprint density at radius 1 is 1.27 bits per heavy atom. The van der Waals surface area contributed by atoms with Crippen molar-refractivity contribution in [2.75, 3.05) is 0 Å². The summed E-state index contributed by atoms with van der Waals surface area (Å²) in [5, 5.41) is 17.2. The Kier molecular flexibility index (Phi) is 5.16. The van der Waals surface area contributed by atoms with Crippen molar-refractivity contribution in [2.24, 2.45) is 5.92 Å². The largest absolute Gasteiger partial charge is 0.487 e. The monoisotopic (exact) mass is 298 g/mol. The fourth-order valence-electron chi connectivity index (χ4n) is 2.29. The smallest absolute Gasteiger partial charge is 0.189 e. The van der Waals surface area contributed by atoms with Gasteiger partial charge in [-0.2, -0.15) is 5.26 Å². The molecule has 0 saturated heterocycles. The number of aromatic nitrogens is 3. The quantitative estimate of drug-likeness (QED) is 0.820. The molecule has 5 heteroatoms. The van der Waals surface area contributed by atoms with Crippen LogP contribution in [-0.4, -0.2) is 15.0 Å². The van der Waals surface area contributed by atoms with Crippen molar-refractivity contribution < 1.29 is 4.74 Å². The van der Waals surface area contributed by atoms with Gasteiger partial charge in [-0.25, -0.2) is 4.68 Å².